The van der Waals surface area contributed by atoms with Crippen molar-refractivity contribution in [3.63, 3.8) is 0 Å². The number of carbonyl (C=O) groups excluding carboxylic acids is 16. The third-order valence-electron chi connectivity index (χ3n) is 20.1. The van der Waals surface area contributed by atoms with Crippen molar-refractivity contribution in [3.8, 4) is 0 Å². The summed E-state index contributed by atoms with van der Waals surface area (Å²) in [5.74, 6) is -14.1. The van der Waals surface area contributed by atoms with Gasteiger partial charge in [-0.25, -0.2) is 4.98 Å². The lowest BCUT2D eigenvalue weighted by Crippen LogP contribution is -2.62. The molecule has 0 aliphatic carbocycles. The van der Waals surface area contributed by atoms with E-state index in [1.165, 1.54) is 49.9 Å². The molecule has 43 heteroatoms. The number of aliphatic hydroxyl groups is 2. The largest absolute Gasteiger partial charge is 0.394 e. The molecule has 17 atom stereocenters. The molecule has 1 aromatic heterocycles. The zero-order valence-electron chi connectivity index (χ0n) is 72.6. The fourth-order valence-electron chi connectivity index (χ4n) is 12.4. The first-order valence-corrected chi connectivity index (χ1v) is 44.7. The molecule has 0 aromatic carbocycles. The summed E-state index contributed by atoms with van der Waals surface area (Å²) >= 11 is 2.68. The summed E-state index contributed by atoms with van der Waals surface area (Å²) in [5, 5.41) is 60.1. The van der Waals surface area contributed by atoms with Crippen LogP contribution in [0.3, 0.4) is 0 Å². The van der Waals surface area contributed by atoms with E-state index in [-0.39, 0.29) is 95.2 Å². The van der Waals surface area contributed by atoms with Gasteiger partial charge in [0.2, 0.25) is 94.5 Å². The van der Waals surface area contributed by atoms with E-state index in [4.69, 9.17) is 34.4 Å². The second-order valence-electron chi connectivity index (χ2n) is 31.1. The van der Waals surface area contributed by atoms with Crippen LogP contribution in [0, 0.1) is 23.7 Å². The second-order valence-corrected chi connectivity index (χ2v) is 33.1. The first-order valence-electron chi connectivity index (χ1n) is 41.9. The number of aromatic amines is 1. The maximum absolute atomic E-state index is 14.7. The first-order chi connectivity index (χ1) is 57.4. The molecule has 0 spiro atoms. The van der Waals surface area contributed by atoms with Gasteiger partial charge in [0.1, 0.15) is 90.6 Å². The minimum Gasteiger partial charge on any atom is -0.394 e. The van der Waals surface area contributed by atoms with E-state index in [0.29, 0.717) is 88.0 Å². The minimum atomic E-state index is -1.78. The zero-order valence-corrected chi connectivity index (χ0v) is 74.2. The highest BCUT2D eigenvalue weighted by molar-refractivity contribution is 7.98. The lowest BCUT2D eigenvalue weighted by atomic mass is 9.97. The average Bonchev–Trinajstić information content (AvgIpc) is 1.58. The molecule has 0 saturated carbocycles. The fourth-order valence-corrected chi connectivity index (χ4v) is 13.3. The van der Waals surface area contributed by atoms with Crippen LogP contribution >= 0.6 is 23.5 Å². The smallest absolute Gasteiger partial charge is 0.245 e. The Labute approximate surface area is 719 Å². The molecule has 1 heterocycles. The molecule has 1 aromatic rings. The third-order valence-corrected chi connectivity index (χ3v) is 21.3. The van der Waals surface area contributed by atoms with Gasteiger partial charge in [0.25, 0.3) is 0 Å². The molecular weight excluding hydrogens is 1610 g/mol. The number of primary amides is 1. The van der Waals surface area contributed by atoms with Gasteiger partial charge in [-0.1, -0.05) is 68.2 Å². The molecule has 0 fully saturated rings. The molecule has 30 N–H and O–H groups in total. The van der Waals surface area contributed by atoms with Crippen molar-refractivity contribution in [2.24, 2.45) is 58.1 Å². The van der Waals surface area contributed by atoms with Crippen LogP contribution in [0.5, 0.6) is 0 Å². The van der Waals surface area contributed by atoms with Gasteiger partial charge in [0.15, 0.2) is 0 Å². The molecule has 690 valence electrons. The summed E-state index contributed by atoms with van der Waals surface area (Å²) in [6.07, 6.45) is 10.3. The maximum Gasteiger partial charge on any atom is 0.245 e. The summed E-state index contributed by atoms with van der Waals surface area (Å²) in [6.45, 7) is 15.3. The van der Waals surface area contributed by atoms with Gasteiger partial charge in [-0.3, -0.25) is 76.7 Å². The minimum absolute atomic E-state index is 0.000338. The number of nitrogens with zero attached hydrogens (tertiary/aromatic N) is 1. The molecule has 0 bridgehead atoms. The van der Waals surface area contributed by atoms with Gasteiger partial charge in [-0.2, -0.15) is 23.5 Å². The number of unbranched alkanes of at least 4 members (excludes halogenated alkanes) is 4. The Morgan fingerprint density at radius 3 is 0.983 bits per heavy atom. The normalized spacial score (nSPS) is 15.5. The van der Waals surface area contributed by atoms with E-state index in [2.05, 4.69) is 89.7 Å². The Hall–Kier alpha value is -8.85. The van der Waals surface area contributed by atoms with Crippen LogP contribution in [0.15, 0.2) is 12.5 Å². The number of hydrogen-bond donors (Lipinski definition) is 24. The number of hydrogen-bond acceptors (Lipinski definition) is 26. The average molecular weight is 1760 g/mol. The van der Waals surface area contributed by atoms with Crippen LogP contribution in [0.2, 0.25) is 0 Å². The lowest BCUT2D eigenvalue weighted by Gasteiger charge is -2.29. The highest BCUT2D eigenvalue weighted by Gasteiger charge is 2.39. The number of imidazole rings is 1. The summed E-state index contributed by atoms with van der Waals surface area (Å²) in [4.78, 5) is 230. The number of thioether (sulfide) groups is 2. The molecule has 41 nitrogen and oxygen atoms in total. The van der Waals surface area contributed by atoms with Crippen molar-refractivity contribution < 1.29 is 86.9 Å². The van der Waals surface area contributed by atoms with Crippen LogP contribution in [0.25, 0.3) is 0 Å². The first kappa shape index (κ1) is 110. The van der Waals surface area contributed by atoms with Crippen LogP contribution in [-0.4, -0.2) is 275 Å². The zero-order chi connectivity index (χ0) is 91.4. The molecule has 0 aliphatic heterocycles. The van der Waals surface area contributed by atoms with Crippen LogP contribution < -0.4 is 114 Å². The molecule has 121 heavy (non-hydrogen) atoms. The molecule has 16 amide bonds. The van der Waals surface area contributed by atoms with Gasteiger partial charge in [-0.15, -0.1) is 0 Å². The Morgan fingerprint density at radius 2 is 0.653 bits per heavy atom. The number of amides is 16. The van der Waals surface area contributed by atoms with E-state index in [1.54, 1.807) is 67.9 Å². The van der Waals surface area contributed by atoms with E-state index >= 15 is 0 Å². The number of aliphatic hydroxyl groups excluding tert-OH is 2. The van der Waals surface area contributed by atoms with Crippen molar-refractivity contribution >= 4 is 118 Å². The van der Waals surface area contributed by atoms with Gasteiger partial charge >= 0.3 is 0 Å². The quantitative estimate of drug-likeness (QED) is 0.0271. The van der Waals surface area contributed by atoms with Gasteiger partial charge in [-0.05, 0) is 190 Å². The molecule has 0 radical (unpaired) electrons. The number of carbonyl (C=O) groups is 16. The number of H-pyrrole nitrogens is 1. The van der Waals surface area contributed by atoms with E-state index in [1.807, 2.05) is 0 Å². The lowest BCUT2D eigenvalue weighted by molar-refractivity contribution is -0.137. The van der Waals surface area contributed by atoms with E-state index in [9.17, 15) is 86.9 Å². The van der Waals surface area contributed by atoms with Crippen molar-refractivity contribution in [3.05, 3.63) is 18.2 Å². The Balaban J connectivity index is 3.60. The second kappa shape index (κ2) is 61.4. The predicted molar refractivity (Wildman–Crippen MR) is 460 cm³/mol. The predicted octanol–water partition coefficient (Wildman–Crippen LogP) is -5.10. The van der Waals surface area contributed by atoms with Gasteiger partial charge in [0, 0.05) is 18.3 Å². The van der Waals surface area contributed by atoms with E-state index in [0.717, 1.165) is 0 Å². The number of aromatic nitrogens is 2. The monoisotopic (exact) mass is 1750 g/mol. The fraction of sp³-hybridized carbons (Fsp3) is 0.756. The Morgan fingerprint density at radius 1 is 0.364 bits per heavy atom. The Kier molecular flexibility index (Phi) is 55.9. The van der Waals surface area contributed by atoms with Crippen LogP contribution in [-0.2, 0) is 83.1 Å². The maximum atomic E-state index is 14.7. The van der Waals surface area contributed by atoms with Crippen molar-refractivity contribution in [2.45, 2.75) is 282 Å². The number of rotatable bonds is 65. The number of nitrogens with one attached hydrogen (secondary N) is 16. The topological polar surface area (TPSA) is 679 Å². The van der Waals surface area contributed by atoms with Crippen molar-refractivity contribution in [2.75, 3.05) is 70.0 Å². The highest BCUT2D eigenvalue weighted by Crippen LogP contribution is 2.17. The molecular formula is C78H143N23O18S2. The van der Waals surface area contributed by atoms with Crippen molar-refractivity contribution in [1.29, 1.82) is 0 Å². The van der Waals surface area contributed by atoms with Crippen LogP contribution in [0.4, 0.5) is 0 Å². The molecule has 0 aliphatic rings. The molecule has 0 saturated heterocycles. The molecule has 0 unspecified atom stereocenters. The summed E-state index contributed by atoms with van der Waals surface area (Å²) in [6, 6.07) is -20.3. The van der Waals surface area contributed by atoms with Gasteiger partial charge < -0.3 is 129 Å². The third kappa shape index (κ3) is 42.7. The number of nitrogens with two attached hydrogens (primary N) is 6. The standard InChI is InChI=1S/C78H143N23O18S2/c1-13-45(7)62(100-61(104)38-83)78(119)94-55(28-34-121-12)71(112)98-60(41-103)76(117)99-59(40-102)75(116)97-57(36-44(5)6)73(114)93-54(27-33-120-11)70(111)91-52(25-17-21-31-81)68(109)90-53(26-18-22-32-82)69(110)96-56(35-43(3)4)72(113)92-51(24-16-20-30-80)67(108)87-47(9)66(107)95-58(37-49-39-85-42-86-49)74(115)101-63(46(8)14-2)77(118)88-48(10)65(106)89-50(64(84)105)23-15-19-29-79/h39,42-48,50-60,62-63,102-103H,13-38,40-41,79-83H2,1-12H3,(H2,84,105)(H,85,86)(H,87,108)(H,88,118)(H,89,106)(H,90,109)(H,91,111)(H,92,113)(H,93,114)(H,94,119)(H,95,107)(H,96,110)(H,97,116)(H,98,112)(H,99,117)(H,100,104)(H,101,115)/t45-,46-,47-,48-,50-,51-,52-,53-,54-,55-,56-,57-,58-,59-,60-,62-,63-/m0/s1. The van der Waals surface area contributed by atoms with E-state index < -0.39 is 211 Å². The summed E-state index contributed by atoms with van der Waals surface area (Å²) < 4.78 is 0. The van der Waals surface area contributed by atoms with Gasteiger partial charge in [0.05, 0.1) is 26.1 Å². The highest BCUT2D eigenvalue weighted by atomic mass is 32.2. The SMILES string of the molecule is CC[C@H](C)[C@H](NC(=O)CN)C(=O)N[C@@H](CCSC)C(=O)N[C@@H](CO)C(=O)N[C@@H](CO)C(=O)N[C@@H](CC(C)C)C(=O)N[C@@H](CCSC)C(=O)N[C@@H](CCCCN)C(=O)N[C@@H](CCCCN)C(=O)N[C@@H](CC(C)C)C(=O)N[C@@H](CCCCN)C(=O)N[C@@H](C)C(=O)N[C@@H](Cc1cnc[nH]1)C(=O)N[C@H](C(=O)N[C@@H](C)C(=O)N[C@@H](CCCCN)C(N)=O)[C@@H](C)CC. The summed E-state index contributed by atoms with van der Waals surface area (Å²) in [5.41, 5.74) is 34.7. The van der Waals surface area contributed by atoms with Crippen molar-refractivity contribution in [1.82, 2.24) is 89.7 Å². The molecule has 1 rings (SSSR count). The Bertz CT molecular complexity index is 3390. The van der Waals surface area contributed by atoms with Crippen LogP contribution in [0.1, 0.15) is 191 Å². The summed E-state index contributed by atoms with van der Waals surface area (Å²) in [7, 11) is 0.